The molecule has 1 aliphatic heterocycles. The van der Waals surface area contributed by atoms with E-state index in [1.54, 1.807) is 0 Å². The van der Waals surface area contributed by atoms with Crippen LogP contribution in [0.25, 0.3) is 0 Å². The largest absolute Gasteiger partial charge is 0.339 e. The zero-order chi connectivity index (χ0) is 12.3. The average molecular weight is 238 g/mol. The minimum Gasteiger partial charge on any atom is -0.339 e. The predicted molar refractivity (Wildman–Crippen MR) is 68.1 cm³/mol. The smallest absolute Gasteiger partial charge is 0.244 e. The molecule has 2 heterocycles. The summed E-state index contributed by atoms with van der Waals surface area (Å²) in [7, 11) is 4.12. The number of nitrogens with one attached hydrogen (secondary N) is 1. The van der Waals surface area contributed by atoms with Crippen LogP contribution >= 0.6 is 0 Å². The van der Waals surface area contributed by atoms with Gasteiger partial charge in [-0.15, -0.1) is 5.10 Å². The van der Waals surface area contributed by atoms with Crippen molar-refractivity contribution in [2.45, 2.75) is 25.3 Å². The number of aromatic nitrogens is 3. The van der Waals surface area contributed by atoms with Gasteiger partial charge in [0.25, 0.3) is 0 Å². The lowest BCUT2D eigenvalue weighted by atomic mass is 10.1. The summed E-state index contributed by atoms with van der Waals surface area (Å²) in [4.78, 5) is 8.87. The second-order valence-electron chi connectivity index (χ2n) is 4.96. The molecule has 1 aromatic heterocycles. The van der Waals surface area contributed by atoms with Crippen LogP contribution in [0.3, 0.4) is 0 Å². The van der Waals surface area contributed by atoms with E-state index in [-0.39, 0.29) is 0 Å². The van der Waals surface area contributed by atoms with Crippen LogP contribution in [0.15, 0.2) is 0 Å². The SMILES string of the molecule is CN(C)CCc1nc(N2CCC(N)CC2)n[nH]1. The van der Waals surface area contributed by atoms with Crippen LogP contribution in [0.1, 0.15) is 18.7 Å². The maximum atomic E-state index is 5.88. The van der Waals surface area contributed by atoms with Crippen molar-refractivity contribution in [2.75, 3.05) is 38.6 Å². The first-order valence-electron chi connectivity index (χ1n) is 6.21. The average Bonchev–Trinajstić information content (AvgIpc) is 2.76. The Morgan fingerprint density at radius 3 is 2.76 bits per heavy atom. The number of rotatable bonds is 4. The molecule has 0 saturated carbocycles. The Bertz CT molecular complexity index is 339. The topological polar surface area (TPSA) is 74.1 Å². The van der Waals surface area contributed by atoms with Gasteiger partial charge in [0.15, 0.2) is 0 Å². The Morgan fingerprint density at radius 2 is 2.12 bits per heavy atom. The van der Waals surface area contributed by atoms with Crippen molar-refractivity contribution in [3.8, 4) is 0 Å². The maximum absolute atomic E-state index is 5.88. The highest BCUT2D eigenvalue weighted by atomic mass is 15.4. The van der Waals surface area contributed by atoms with Crippen LogP contribution in [-0.4, -0.2) is 59.9 Å². The maximum Gasteiger partial charge on any atom is 0.244 e. The molecule has 17 heavy (non-hydrogen) atoms. The summed E-state index contributed by atoms with van der Waals surface area (Å²) in [6.45, 7) is 2.91. The van der Waals surface area contributed by atoms with E-state index in [2.05, 4.69) is 39.1 Å². The van der Waals surface area contributed by atoms with E-state index in [4.69, 9.17) is 5.73 Å². The highest BCUT2D eigenvalue weighted by molar-refractivity contribution is 5.29. The Labute approximate surface area is 102 Å². The number of piperidine rings is 1. The van der Waals surface area contributed by atoms with Gasteiger partial charge >= 0.3 is 0 Å². The lowest BCUT2D eigenvalue weighted by Crippen LogP contribution is -2.40. The molecule has 1 saturated heterocycles. The summed E-state index contributed by atoms with van der Waals surface area (Å²) in [5.41, 5.74) is 5.88. The van der Waals surface area contributed by atoms with Gasteiger partial charge in [0, 0.05) is 32.1 Å². The van der Waals surface area contributed by atoms with Crippen LogP contribution < -0.4 is 10.6 Å². The molecule has 0 amide bonds. The molecule has 1 aromatic rings. The molecule has 0 aromatic carbocycles. The van der Waals surface area contributed by atoms with Gasteiger partial charge in [0.1, 0.15) is 5.82 Å². The summed E-state index contributed by atoms with van der Waals surface area (Å²) in [5.74, 6) is 1.79. The first-order chi connectivity index (χ1) is 8.15. The molecule has 0 atom stereocenters. The molecule has 1 fully saturated rings. The Morgan fingerprint density at radius 1 is 1.41 bits per heavy atom. The van der Waals surface area contributed by atoms with Crippen molar-refractivity contribution in [1.29, 1.82) is 0 Å². The van der Waals surface area contributed by atoms with Gasteiger partial charge in [-0.05, 0) is 26.9 Å². The van der Waals surface area contributed by atoms with Crippen molar-refractivity contribution < 1.29 is 0 Å². The number of nitrogens with zero attached hydrogens (tertiary/aromatic N) is 4. The minimum absolute atomic E-state index is 0.346. The van der Waals surface area contributed by atoms with Crippen LogP contribution in [0.2, 0.25) is 0 Å². The van der Waals surface area contributed by atoms with Crippen LogP contribution in [-0.2, 0) is 6.42 Å². The van der Waals surface area contributed by atoms with Gasteiger partial charge in [-0.2, -0.15) is 4.98 Å². The van der Waals surface area contributed by atoms with Crippen molar-refractivity contribution in [1.82, 2.24) is 20.1 Å². The van der Waals surface area contributed by atoms with Gasteiger partial charge in [0.05, 0.1) is 0 Å². The van der Waals surface area contributed by atoms with Gasteiger partial charge in [0.2, 0.25) is 5.95 Å². The number of likely N-dealkylation sites (N-methyl/N-ethyl adjacent to an activating group) is 1. The highest BCUT2D eigenvalue weighted by Gasteiger charge is 2.19. The molecule has 6 heteroatoms. The molecule has 3 N–H and O–H groups in total. The van der Waals surface area contributed by atoms with Crippen molar-refractivity contribution >= 4 is 5.95 Å². The summed E-state index contributed by atoms with van der Waals surface area (Å²) < 4.78 is 0. The summed E-state index contributed by atoms with van der Waals surface area (Å²) in [6, 6.07) is 0.346. The fourth-order valence-electron chi connectivity index (χ4n) is 1.97. The molecule has 0 bridgehead atoms. The van der Waals surface area contributed by atoms with E-state index in [9.17, 15) is 0 Å². The third-order valence-corrected chi connectivity index (χ3v) is 3.14. The third kappa shape index (κ3) is 3.41. The monoisotopic (exact) mass is 238 g/mol. The number of nitrogens with two attached hydrogens (primary N) is 1. The first-order valence-corrected chi connectivity index (χ1v) is 6.21. The lowest BCUT2D eigenvalue weighted by Gasteiger charge is -2.28. The number of hydrogen-bond acceptors (Lipinski definition) is 5. The molecular formula is C11H22N6. The third-order valence-electron chi connectivity index (χ3n) is 3.14. The quantitative estimate of drug-likeness (QED) is 0.762. The van der Waals surface area contributed by atoms with E-state index in [1.165, 1.54) is 0 Å². The number of hydrogen-bond donors (Lipinski definition) is 2. The predicted octanol–water partition coefficient (Wildman–Crippen LogP) is -0.164. The van der Waals surface area contributed by atoms with Gasteiger partial charge in [-0.1, -0.05) is 0 Å². The van der Waals surface area contributed by atoms with Crippen LogP contribution in [0.5, 0.6) is 0 Å². The fourth-order valence-corrected chi connectivity index (χ4v) is 1.97. The van der Waals surface area contributed by atoms with E-state index in [0.29, 0.717) is 6.04 Å². The number of anilines is 1. The number of aromatic amines is 1. The molecule has 0 spiro atoms. The van der Waals surface area contributed by atoms with Gasteiger partial charge in [-0.3, -0.25) is 5.10 Å². The van der Waals surface area contributed by atoms with Crippen molar-refractivity contribution in [2.24, 2.45) is 5.73 Å². The second kappa shape index (κ2) is 5.46. The van der Waals surface area contributed by atoms with E-state index < -0.39 is 0 Å². The van der Waals surface area contributed by atoms with Gasteiger partial charge < -0.3 is 15.5 Å². The lowest BCUT2D eigenvalue weighted by molar-refractivity contribution is 0.409. The molecule has 0 radical (unpaired) electrons. The normalized spacial score (nSPS) is 18.0. The summed E-state index contributed by atoms with van der Waals surface area (Å²) >= 11 is 0. The zero-order valence-electron chi connectivity index (χ0n) is 10.7. The Hall–Kier alpha value is -1.14. The molecule has 6 nitrogen and oxygen atoms in total. The minimum atomic E-state index is 0.346. The Balaban J connectivity index is 1.89. The molecule has 1 aliphatic rings. The Kier molecular flexibility index (Phi) is 3.96. The number of H-pyrrole nitrogens is 1. The van der Waals surface area contributed by atoms with E-state index in [0.717, 1.165) is 50.7 Å². The van der Waals surface area contributed by atoms with Crippen molar-refractivity contribution in [3.63, 3.8) is 0 Å². The molecule has 2 rings (SSSR count). The van der Waals surface area contributed by atoms with Crippen LogP contribution in [0.4, 0.5) is 5.95 Å². The van der Waals surface area contributed by atoms with Crippen molar-refractivity contribution in [3.05, 3.63) is 5.82 Å². The highest BCUT2D eigenvalue weighted by Crippen LogP contribution is 2.14. The fraction of sp³-hybridized carbons (Fsp3) is 0.818. The molecular weight excluding hydrogens is 216 g/mol. The summed E-state index contributed by atoms with van der Waals surface area (Å²) in [6.07, 6.45) is 2.97. The van der Waals surface area contributed by atoms with Gasteiger partial charge in [-0.25, -0.2) is 0 Å². The summed E-state index contributed by atoms with van der Waals surface area (Å²) in [5, 5.41) is 7.28. The zero-order valence-corrected chi connectivity index (χ0v) is 10.7. The second-order valence-corrected chi connectivity index (χ2v) is 4.96. The molecule has 0 aliphatic carbocycles. The first kappa shape index (κ1) is 12.3. The molecule has 0 unspecified atom stereocenters. The standard InChI is InChI=1S/C11H22N6/c1-16(2)6-5-10-13-11(15-14-10)17-7-3-9(12)4-8-17/h9H,3-8,12H2,1-2H3,(H,13,14,15). The van der Waals surface area contributed by atoms with E-state index >= 15 is 0 Å². The molecule has 96 valence electrons. The van der Waals surface area contributed by atoms with E-state index in [1.807, 2.05) is 0 Å². The van der Waals surface area contributed by atoms with Crippen LogP contribution in [0, 0.1) is 0 Å².